The van der Waals surface area contributed by atoms with Gasteiger partial charge in [-0.2, -0.15) is 0 Å². The largest absolute Gasteiger partial charge is 0.480 e. The predicted molar refractivity (Wildman–Crippen MR) is 69.9 cm³/mol. The average molecular weight is 265 g/mol. The van der Waals surface area contributed by atoms with Crippen LogP contribution in [0.2, 0.25) is 0 Å². The maximum absolute atomic E-state index is 12.4. The molecule has 0 spiro atoms. The van der Waals surface area contributed by atoms with Gasteiger partial charge in [0.15, 0.2) is 0 Å². The van der Waals surface area contributed by atoms with Gasteiger partial charge in [-0.25, -0.2) is 4.79 Å². The van der Waals surface area contributed by atoms with E-state index in [9.17, 15) is 9.59 Å². The van der Waals surface area contributed by atoms with Gasteiger partial charge in [0, 0.05) is 11.4 Å². The second-order valence-corrected chi connectivity index (χ2v) is 5.04. The molecular formula is C13H15NO3S. The zero-order valence-corrected chi connectivity index (χ0v) is 10.9. The van der Waals surface area contributed by atoms with E-state index in [0.717, 1.165) is 11.3 Å². The number of likely N-dealkylation sites (tertiary alicyclic amines) is 1. The van der Waals surface area contributed by atoms with Crippen LogP contribution in [0.5, 0.6) is 0 Å². The number of amides is 1. The number of rotatable bonds is 3. The average Bonchev–Trinajstić information content (AvgIpc) is 2.87. The smallest absolute Gasteiger partial charge is 0.326 e. The standard InChI is InChI=1S/C13H15NO3S/c1-18-11-7-3-2-5-9(11)12(15)14-8-4-6-10(14)13(16)17/h2-3,5,7,10H,4,6,8H2,1H3,(H,16,17). The van der Waals surface area contributed by atoms with Gasteiger partial charge in [0.2, 0.25) is 0 Å². The van der Waals surface area contributed by atoms with Crippen LogP contribution in [-0.4, -0.2) is 40.7 Å². The molecule has 1 atom stereocenters. The summed E-state index contributed by atoms with van der Waals surface area (Å²) in [5.74, 6) is -1.09. The van der Waals surface area contributed by atoms with E-state index in [2.05, 4.69) is 0 Å². The summed E-state index contributed by atoms with van der Waals surface area (Å²) >= 11 is 1.50. The molecule has 1 aliphatic heterocycles. The molecule has 1 fully saturated rings. The van der Waals surface area contributed by atoms with Crippen molar-refractivity contribution in [3.63, 3.8) is 0 Å². The minimum Gasteiger partial charge on any atom is -0.480 e. The number of hydrogen-bond acceptors (Lipinski definition) is 3. The Morgan fingerprint density at radius 3 is 2.78 bits per heavy atom. The second-order valence-electron chi connectivity index (χ2n) is 4.20. The van der Waals surface area contributed by atoms with Crippen LogP contribution >= 0.6 is 11.8 Å². The van der Waals surface area contributed by atoms with Gasteiger partial charge in [0.1, 0.15) is 6.04 Å². The van der Waals surface area contributed by atoms with Gasteiger partial charge in [-0.05, 0) is 31.2 Å². The van der Waals surface area contributed by atoms with Gasteiger partial charge in [0.05, 0.1) is 5.56 Å². The van der Waals surface area contributed by atoms with E-state index < -0.39 is 12.0 Å². The first kappa shape index (κ1) is 13.0. The molecule has 1 aliphatic rings. The number of aliphatic carboxylic acids is 1. The highest BCUT2D eigenvalue weighted by Crippen LogP contribution is 2.25. The van der Waals surface area contributed by atoms with Gasteiger partial charge in [-0.3, -0.25) is 4.79 Å². The molecule has 5 heteroatoms. The summed E-state index contributed by atoms with van der Waals surface area (Å²) in [6, 6.07) is 6.64. The lowest BCUT2D eigenvalue weighted by Crippen LogP contribution is -2.40. The number of carbonyl (C=O) groups is 2. The normalized spacial score (nSPS) is 18.9. The Balaban J connectivity index is 2.28. The molecule has 0 aromatic heterocycles. The van der Waals surface area contributed by atoms with Crippen molar-refractivity contribution in [3.05, 3.63) is 29.8 Å². The van der Waals surface area contributed by atoms with Crippen molar-refractivity contribution >= 4 is 23.6 Å². The highest BCUT2D eigenvalue weighted by atomic mass is 32.2. The summed E-state index contributed by atoms with van der Waals surface area (Å²) < 4.78 is 0. The Hall–Kier alpha value is -1.49. The van der Waals surface area contributed by atoms with Crippen LogP contribution in [0.15, 0.2) is 29.2 Å². The van der Waals surface area contributed by atoms with Crippen LogP contribution in [0.25, 0.3) is 0 Å². The molecule has 2 rings (SSSR count). The number of benzene rings is 1. The van der Waals surface area contributed by atoms with E-state index in [4.69, 9.17) is 5.11 Å². The SMILES string of the molecule is CSc1ccccc1C(=O)N1CCCC1C(=O)O. The predicted octanol–water partition coefficient (Wildman–Crippen LogP) is 2.10. The highest BCUT2D eigenvalue weighted by molar-refractivity contribution is 7.98. The number of carbonyl (C=O) groups excluding carboxylic acids is 1. The Kier molecular flexibility index (Phi) is 3.91. The number of thioether (sulfide) groups is 1. The maximum Gasteiger partial charge on any atom is 0.326 e. The third-order valence-electron chi connectivity index (χ3n) is 3.14. The lowest BCUT2D eigenvalue weighted by molar-refractivity contribution is -0.141. The van der Waals surface area contributed by atoms with Gasteiger partial charge in [-0.15, -0.1) is 11.8 Å². The van der Waals surface area contributed by atoms with Crippen molar-refractivity contribution in [3.8, 4) is 0 Å². The summed E-state index contributed by atoms with van der Waals surface area (Å²) in [5, 5.41) is 9.11. The fraction of sp³-hybridized carbons (Fsp3) is 0.385. The number of carboxylic acids is 1. The van der Waals surface area contributed by atoms with Crippen LogP contribution in [0, 0.1) is 0 Å². The summed E-state index contributed by atoms with van der Waals surface area (Å²) in [5.41, 5.74) is 0.596. The number of nitrogens with zero attached hydrogens (tertiary/aromatic N) is 1. The van der Waals surface area contributed by atoms with Crippen molar-refractivity contribution in [1.29, 1.82) is 0 Å². The zero-order valence-electron chi connectivity index (χ0n) is 10.1. The van der Waals surface area contributed by atoms with Gasteiger partial charge >= 0.3 is 5.97 Å². The summed E-state index contributed by atoms with van der Waals surface area (Å²) in [4.78, 5) is 25.9. The fourth-order valence-electron chi connectivity index (χ4n) is 2.24. The Bertz CT molecular complexity index is 475. The lowest BCUT2D eigenvalue weighted by atomic mass is 10.1. The van der Waals surface area contributed by atoms with Gasteiger partial charge < -0.3 is 10.0 Å². The molecule has 96 valence electrons. The molecule has 4 nitrogen and oxygen atoms in total. The lowest BCUT2D eigenvalue weighted by Gasteiger charge is -2.22. The first-order valence-electron chi connectivity index (χ1n) is 5.82. The van der Waals surface area contributed by atoms with E-state index in [1.807, 2.05) is 18.4 Å². The Morgan fingerprint density at radius 2 is 2.11 bits per heavy atom. The van der Waals surface area contributed by atoms with Crippen molar-refractivity contribution in [1.82, 2.24) is 4.90 Å². The molecule has 1 saturated heterocycles. The first-order valence-corrected chi connectivity index (χ1v) is 7.04. The fourth-order valence-corrected chi connectivity index (χ4v) is 2.83. The van der Waals surface area contributed by atoms with Crippen LogP contribution in [-0.2, 0) is 4.79 Å². The third-order valence-corrected chi connectivity index (χ3v) is 3.93. The minimum absolute atomic E-state index is 0.176. The topological polar surface area (TPSA) is 57.6 Å². The molecule has 18 heavy (non-hydrogen) atoms. The third kappa shape index (κ3) is 2.36. The van der Waals surface area contributed by atoms with Gasteiger partial charge in [0.25, 0.3) is 5.91 Å². The molecular weight excluding hydrogens is 250 g/mol. The van der Waals surface area contributed by atoms with Crippen LogP contribution < -0.4 is 0 Å². The van der Waals surface area contributed by atoms with E-state index in [1.165, 1.54) is 16.7 Å². The van der Waals surface area contributed by atoms with E-state index in [1.54, 1.807) is 12.1 Å². The van der Waals surface area contributed by atoms with Crippen LogP contribution in [0.1, 0.15) is 23.2 Å². The number of hydrogen-bond donors (Lipinski definition) is 1. The molecule has 1 heterocycles. The van der Waals surface area contributed by atoms with Crippen molar-refractivity contribution in [2.75, 3.05) is 12.8 Å². The van der Waals surface area contributed by atoms with E-state index in [0.29, 0.717) is 18.5 Å². The molecule has 0 aliphatic carbocycles. The molecule has 1 unspecified atom stereocenters. The van der Waals surface area contributed by atoms with Crippen molar-refractivity contribution in [2.24, 2.45) is 0 Å². The minimum atomic E-state index is -0.914. The molecule has 1 aromatic carbocycles. The van der Waals surface area contributed by atoms with Crippen molar-refractivity contribution < 1.29 is 14.7 Å². The molecule has 1 amide bonds. The number of carboxylic acid groups (broad SMARTS) is 1. The van der Waals surface area contributed by atoms with Crippen LogP contribution in [0.3, 0.4) is 0 Å². The van der Waals surface area contributed by atoms with E-state index in [-0.39, 0.29) is 5.91 Å². The molecule has 0 radical (unpaired) electrons. The highest BCUT2D eigenvalue weighted by Gasteiger charge is 2.34. The molecule has 0 saturated carbocycles. The zero-order chi connectivity index (χ0) is 13.1. The van der Waals surface area contributed by atoms with Crippen molar-refractivity contribution in [2.45, 2.75) is 23.8 Å². The summed E-state index contributed by atoms with van der Waals surface area (Å²) in [7, 11) is 0. The summed E-state index contributed by atoms with van der Waals surface area (Å²) in [6.07, 6.45) is 3.21. The maximum atomic E-state index is 12.4. The summed E-state index contributed by atoms with van der Waals surface area (Å²) in [6.45, 7) is 0.526. The Morgan fingerprint density at radius 1 is 1.39 bits per heavy atom. The van der Waals surface area contributed by atoms with Gasteiger partial charge in [-0.1, -0.05) is 12.1 Å². The molecule has 1 N–H and O–H groups in total. The molecule has 1 aromatic rings. The van der Waals surface area contributed by atoms with Crippen LogP contribution in [0.4, 0.5) is 0 Å². The Labute approximate surface area is 110 Å². The second kappa shape index (κ2) is 5.44. The monoisotopic (exact) mass is 265 g/mol. The molecule has 0 bridgehead atoms. The van der Waals surface area contributed by atoms with E-state index >= 15 is 0 Å². The first-order chi connectivity index (χ1) is 8.65. The quantitative estimate of drug-likeness (QED) is 0.850.